The molecule has 0 aromatic carbocycles. The molecule has 4 bridgehead atoms. The van der Waals surface area contributed by atoms with Gasteiger partial charge in [-0.15, -0.1) is 0 Å². The number of amides is 1. The molecule has 31 heavy (non-hydrogen) atoms. The summed E-state index contributed by atoms with van der Waals surface area (Å²) in [4.78, 5) is 30.3. The standard InChI is InChI=1S/C24H33N5O2/c1-28(12-17-10-26-29(2)13-17)14-20-3-4-21(24(31)27-20)23(30)25-11-22-18-6-15-5-16(8-18)9-19(22)7-15/h3-4,10,13,15-16,18-19,22H,5-9,11-12,14H2,1-2H3,(H,25,30)(H,27,31). The van der Waals surface area contributed by atoms with E-state index in [1.54, 1.807) is 10.7 Å². The molecule has 1 amide bonds. The number of aryl methyl sites for hydroxylation is 1. The minimum Gasteiger partial charge on any atom is -0.352 e. The van der Waals surface area contributed by atoms with Gasteiger partial charge in [-0.3, -0.25) is 19.2 Å². The molecular formula is C24H33N5O2. The second kappa shape index (κ2) is 8.26. The van der Waals surface area contributed by atoms with E-state index < -0.39 is 0 Å². The number of carbonyl (C=O) groups excluding carboxylic acids is 1. The van der Waals surface area contributed by atoms with Gasteiger partial charge >= 0.3 is 0 Å². The molecule has 6 rings (SSSR count). The molecule has 0 unspecified atom stereocenters. The van der Waals surface area contributed by atoms with Crippen molar-refractivity contribution < 1.29 is 4.79 Å². The van der Waals surface area contributed by atoms with Gasteiger partial charge < -0.3 is 10.3 Å². The number of nitrogens with one attached hydrogen (secondary N) is 2. The lowest BCUT2D eigenvalue weighted by molar-refractivity contribution is -0.0347. The first kappa shape index (κ1) is 20.5. The molecule has 4 aliphatic rings. The maximum absolute atomic E-state index is 12.7. The summed E-state index contributed by atoms with van der Waals surface area (Å²) in [6.07, 6.45) is 10.6. The van der Waals surface area contributed by atoms with Crippen LogP contribution in [0.3, 0.4) is 0 Å². The molecule has 2 aromatic heterocycles. The van der Waals surface area contributed by atoms with Gasteiger partial charge in [0.2, 0.25) is 0 Å². The zero-order valence-electron chi connectivity index (χ0n) is 18.5. The van der Waals surface area contributed by atoms with Crippen molar-refractivity contribution in [2.45, 2.75) is 45.2 Å². The highest BCUT2D eigenvalue weighted by atomic mass is 16.2. The second-order valence-corrected chi connectivity index (χ2v) is 10.2. The zero-order chi connectivity index (χ0) is 21.5. The molecule has 2 N–H and O–H groups in total. The van der Waals surface area contributed by atoms with Crippen LogP contribution >= 0.6 is 0 Å². The van der Waals surface area contributed by atoms with E-state index in [4.69, 9.17) is 0 Å². The maximum Gasteiger partial charge on any atom is 0.261 e. The Hall–Kier alpha value is -2.41. The van der Waals surface area contributed by atoms with Crippen molar-refractivity contribution in [1.82, 2.24) is 25.0 Å². The zero-order valence-corrected chi connectivity index (χ0v) is 18.5. The molecule has 0 saturated heterocycles. The normalized spacial score (nSPS) is 28.9. The summed E-state index contributed by atoms with van der Waals surface area (Å²) in [6, 6.07) is 3.51. The fourth-order valence-corrected chi connectivity index (χ4v) is 6.67. The molecule has 2 aromatic rings. The van der Waals surface area contributed by atoms with Crippen LogP contribution in [0.4, 0.5) is 0 Å². The fraction of sp³-hybridized carbons (Fsp3) is 0.625. The number of H-pyrrole nitrogens is 1. The lowest BCUT2D eigenvalue weighted by atomic mass is 9.52. The highest BCUT2D eigenvalue weighted by Gasteiger charge is 2.47. The van der Waals surface area contributed by atoms with E-state index in [1.807, 2.05) is 32.6 Å². The summed E-state index contributed by atoms with van der Waals surface area (Å²) in [7, 11) is 3.89. The molecule has 166 valence electrons. The first-order valence-corrected chi connectivity index (χ1v) is 11.6. The molecule has 0 radical (unpaired) electrons. The third kappa shape index (κ3) is 4.33. The summed E-state index contributed by atoms with van der Waals surface area (Å²) in [5.41, 5.74) is 1.82. The highest BCUT2D eigenvalue weighted by molar-refractivity contribution is 5.93. The van der Waals surface area contributed by atoms with Crippen LogP contribution in [0.25, 0.3) is 0 Å². The van der Waals surface area contributed by atoms with Crippen LogP contribution in [-0.2, 0) is 20.1 Å². The maximum atomic E-state index is 12.7. The Balaban J connectivity index is 1.17. The average Bonchev–Trinajstić information content (AvgIpc) is 3.11. The van der Waals surface area contributed by atoms with Crippen molar-refractivity contribution in [3.8, 4) is 0 Å². The van der Waals surface area contributed by atoms with E-state index in [9.17, 15) is 9.59 Å². The van der Waals surface area contributed by atoms with Crippen LogP contribution in [0.5, 0.6) is 0 Å². The predicted octanol–water partition coefficient (Wildman–Crippen LogP) is 2.54. The van der Waals surface area contributed by atoms with E-state index >= 15 is 0 Å². The molecule has 0 spiro atoms. The highest BCUT2D eigenvalue weighted by Crippen LogP contribution is 2.56. The molecule has 7 heteroatoms. The summed E-state index contributed by atoms with van der Waals surface area (Å²) in [5, 5.41) is 7.27. The van der Waals surface area contributed by atoms with E-state index in [0.29, 0.717) is 19.0 Å². The third-order valence-corrected chi connectivity index (χ3v) is 7.79. The van der Waals surface area contributed by atoms with Gasteiger partial charge in [0.25, 0.3) is 11.5 Å². The topological polar surface area (TPSA) is 83.0 Å². The molecular weight excluding hydrogens is 390 g/mol. The number of hydrogen-bond acceptors (Lipinski definition) is 4. The first-order valence-electron chi connectivity index (χ1n) is 11.6. The molecule has 4 aliphatic carbocycles. The van der Waals surface area contributed by atoms with Crippen molar-refractivity contribution in [1.29, 1.82) is 0 Å². The Morgan fingerprint density at radius 1 is 1.16 bits per heavy atom. The van der Waals surface area contributed by atoms with Gasteiger partial charge in [0.1, 0.15) is 5.56 Å². The van der Waals surface area contributed by atoms with Crippen LogP contribution in [0.15, 0.2) is 29.3 Å². The van der Waals surface area contributed by atoms with Crippen molar-refractivity contribution in [3.05, 3.63) is 51.7 Å². The van der Waals surface area contributed by atoms with Gasteiger partial charge in [-0.25, -0.2) is 0 Å². The number of pyridine rings is 1. The summed E-state index contributed by atoms with van der Waals surface area (Å²) in [5.74, 6) is 3.75. The van der Waals surface area contributed by atoms with Gasteiger partial charge in [-0.2, -0.15) is 5.10 Å². The fourth-order valence-electron chi connectivity index (χ4n) is 6.67. The van der Waals surface area contributed by atoms with Crippen molar-refractivity contribution in [2.75, 3.05) is 13.6 Å². The van der Waals surface area contributed by atoms with Crippen LogP contribution < -0.4 is 10.9 Å². The van der Waals surface area contributed by atoms with Crippen molar-refractivity contribution >= 4 is 5.91 Å². The lowest BCUT2D eigenvalue weighted by Crippen LogP contribution is -2.49. The Labute approximate surface area is 183 Å². The molecule has 0 atom stereocenters. The monoisotopic (exact) mass is 423 g/mol. The van der Waals surface area contributed by atoms with Gasteiger partial charge in [0.05, 0.1) is 6.20 Å². The van der Waals surface area contributed by atoms with Gasteiger partial charge in [0.15, 0.2) is 0 Å². The summed E-state index contributed by atoms with van der Waals surface area (Å²) in [6.45, 7) is 2.05. The molecule has 2 heterocycles. The Kier molecular flexibility index (Phi) is 5.46. The Morgan fingerprint density at radius 2 is 1.87 bits per heavy atom. The Morgan fingerprint density at radius 3 is 2.48 bits per heavy atom. The number of hydrogen-bond donors (Lipinski definition) is 2. The molecule has 4 saturated carbocycles. The summed E-state index contributed by atoms with van der Waals surface area (Å²) >= 11 is 0. The SMILES string of the molecule is CN(Cc1cnn(C)c1)Cc1ccc(C(=O)NCC2C3CC4CC(C3)CC2C4)c(=O)[nH]1. The van der Waals surface area contributed by atoms with Crippen LogP contribution in [0.2, 0.25) is 0 Å². The average molecular weight is 424 g/mol. The lowest BCUT2D eigenvalue weighted by Gasteiger charge is -2.54. The van der Waals surface area contributed by atoms with E-state index in [2.05, 4.69) is 20.3 Å². The minimum atomic E-state index is -0.310. The van der Waals surface area contributed by atoms with Gasteiger partial charge in [0, 0.05) is 44.1 Å². The number of carbonyl (C=O) groups is 1. The number of aromatic nitrogens is 3. The van der Waals surface area contributed by atoms with Gasteiger partial charge in [-0.05, 0) is 80.9 Å². The Bertz CT molecular complexity index is 981. The number of aromatic amines is 1. The largest absolute Gasteiger partial charge is 0.352 e. The first-order chi connectivity index (χ1) is 14.9. The predicted molar refractivity (Wildman–Crippen MR) is 118 cm³/mol. The van der Waals surface area contributed by atoms with Crippen molar-refractivity contribution in [2.24, 2.45) is 36.6 Å². The quantitative estimate of drug-likeness (QED) is 0.717. The van der Waals surface area contributed by atoms with Crippen LogP contribution in [0, 0.1) is 29.6 Å². The smallest absolute Gasteiger partial charge is 0.261 e. The van der Waals surface area contributed by atoms with Gasteiger partial charge in [-0.1, -0.05) is 0 Å². The van der Waals surface area contributed by atoms with Crippen LogP contribution in [0.1, 0.15) is 53.7 Å². The second-order valence-electron chi connectivity index (χ2n) is 10.2. The third-order valence-electron chi connectivity index (χ3n) is 7.79. The molecule has 7 nitrogen and oxygen atoms in total. The minimum absolute atomic E-state index is 0.211. The number of nitrogens with zero attached hydrogens (tertiary/aromatic N) is 3. The van der Waals surface area contributed by atoms with E-state index in [1.165, 1.54) is 32.1 Å². The van der Waals surface area contributed by atoms with Crippen molar-refractivity contribution in [3.63, 3.8) is 0 Å². The van der Waals surface area contributed by atoms with Crippen LogP contribution in [-0.4, -0.2) is 39.2 Å². The summed E-state index contributed by atoms with van der Waals surface area (Å²) < 4.78 is 1.78. The number of rotatable bonds is 7. The molecule has 0 aliphatic heterocycles. The molecule has 4 fully saturated rings. The van der Waals surface area contributed by atoms with E-state index in [0.717, 1.165) is 41.5 Å². The van der Waals surface area contributed by atoms with E-state index in [-0.39, 0.29) is 17.0 Å².